The molecule has 2 aromatic carbocycles. The minimum Gasteiger partial charge on any atom is -0.496 e. The number of ether oxygens (including phenoxy) is 1. The smallest absolute Gasteiger partial charge is 0.129 e. The zero-order valence-corrected chi connectivity index (χ0v) is 12.2. The molecule has 0 saturated carbocycles. The van der Waals surface area contributed by atoms with Gasteiger partial charge < -0.3 is 10.1 Å². The first-order valence-corrected chi connectivity index (χ1v) is 6.96. The molecule has 1 unspecified atom stereocenters. The number of nitrogens with one attached hydrogen (secondary N) is 1. The van der Waals surface area contributed by atoms with Crippen molar-refractivity contribution in [2.75, 3.05) is 13.7 Å². The van der Waals surface area contributed by atoms with E-state index in [9.17, 15) is 8.78 Å². The van der Waals surface area contributed by atoms with Crippen molar-refractivity contribution in [1.29, 1.82) is 0 Å². The lowest BCUT2D eigenvalue weighted by atomic mass is 9.97. The molecule has 0 aliphatic rings. The summed E-state index contributed by atoms with van der Waals surface area (Å²) in [6, 6.07) is 11.2. The number of para-hydroxylation sites is 1. The van der Waals surface area contributed by atoms with Crippen LogP contribution in [0.4, 0.5) is 8.78 Å². The van der Waals surface area contributed by atoms with Gasteiger partial charge in [-0.15, -0.1) is 0 Å². The Morgan fingerprint density at radius 3 is 2.33 bits per heavy atom. The molecule has 0 bridgehead atoms. The Balaban J connectivity index is 2.35. The van der Waals surface area contributed by atoms with Crippen LogP contribution in [0.3, 0.4) is 0 Å². The maximum absolute atomic E-state index is 13.9. The lowest BCUT2D eigenvalue weighted by Crippen LogP contribution is -2.24. The van der Waals surface area contributed by atoms with Crippen molar-refractivity contribution in [3.8, 4) is 5.75 Å². The maximum Gasteiger partial charge on any atom is 0.129 e. The molecule has 0 fully saturated rings. The van der Waals surface area contributed by atoms with Gasteiger partial charge in [0.1, 0.15) is 17.4 Å². The first-order valence-electron chi connectivity index (χ1n) is 6.96. The van der Waals surface area contributed by atoms with E-state index < -0.39 is 11.6 Å². The average Bonchev–Trinajstić information content (AvgIpc) is 2.50. The normalized spacial score (nSPS) is 12.2. The zero-order valence-electron chi connectivity index (χ0n) is 12.2. The molecule has 1 N–H and O–H groups in total. The van der Waals surface area contributed by atoms with E-state index in [2.05, 4.69) is 5.32 Å². The van der Waals surface area contributed by atoms with E-state index in [1.54, 1.807) is 7.11 Å². The van der Waals surface area contributed by atoms with Crippen LogP contribution in [0.25, 0.3) is 0 Å². The third-order valence-electron chi connectivity index (χ3n) is 3.43. The third-order valence-corrected chi connectivity index (χ3v) is 3.43. The van der Waals surface area contributed by atoms with Crippen molar-refractivity contribution in [2.45, 2.75) is 19.4 Å². The zero-order chi connectivity index (χ0) is 15.2. The van der Waals surface area contributed by atoms with Crippen LogP contribution in [0.2, 0.25) is 0 Å². The molecule has 0 aromatic heterocycles. The Kier molecular flexibility index (Phi) is 5.28. The number of likely N-dealkylation sites (N-methyl/N-ethyl adjacent to an activating group) is 1. The highest BCUT2D eigenvalue weighted by atomic mass is 19.1. The van der Waals surface area contributed by atoms with E-state index in [0.717, 1.165) is 5.56 Å². The van der Waals surface area contributed by atoms with Crippen molar-refractivity contribution in [2.24, 2.45) is 0 Å². The van der Waals surface area contributed by atoms with Gasteiger partial charge >= 0.3 is 0 Å². The molecule has 2 rings (SSSR count). The summed E-state index contributed by atoms with van der Waals surface area (Å²) in [5, 5.41) is 3.26. The number of benzene rings is 2. The fraction of sp³-hybridized carbons (Fsp3) is 0.294. The molecule has 4 heteroatoms. The van der Waals surface area contributed by atoms with E-state index in [-0.39, 0.29) is 18.0 Å². The van der Waals surface area contributed by atoms with Crippen molar-refractivity contribution in [1.82, 2.24) is 5.32 Å². The lowest BCUT2D eigenvalue weighted by molar-refractivity contribution is 0.397. The topological polar surface area (TPSA) is 21.3 Å². The lowest BCUT2D eigenvalue weighted by Gasteiger charge is -2.21. The van der Waals surface area contributed by atoms with Gasteiger partial charge in [-0.2, -0.15) is 0 Å². The fourth-order valence-electron chi connectivity index (χ4n) is 2.42. The highest BCUT2D eigenvalue weighted by Crippen LogP contribution is 2.28. The maximum atomic E-state index is 13.9. The van der Waals surface area contributed by atoms with E-state index in [1.807, 2.05) is 31.2 Å². The van der Waals surface area contributed by atoms with Crippen LogP contribution >= 0.6 is 0 Å². The molecule has 2 aromatic rings. The summed E-state index contributed by atoms with van der Waals surface area (Å²) in [5.41, 5.74) is 0.985. The number of hydrogen-bond acceptors (Lipinski definition) is 2. The quantitative estimate of drug-likeness (QED) is 0.872. The van der Waals surface area contributed by atoms with Crippen LogP contribution in [0.15, 0.2) is 42.5 Å². The molecular formula is C17H19F2NO. The Morgan fingerprint density at radius 2 is 1.71 bits per heavy atom. The molecule has 0 aliphatic carbocycles. The molecule has 0 spiro atoms. The van der Waals surface area contributed by atoms with Crippen LogP contribution < -0.4 is 10.1 Å². The van der Waals surface area contributed by atoms with Gasteiger partial charge in [0.2, 0.25) is 0 Å². The fourth-order valence-corrected chi connectivity index (χ4v) is 2.42. The minimum atomic E-state index is -0.521. The van der Waals surface area contributed by atoms with Gasteiger partial charge in [-0.05, 0) is 31.2 Å². The van der Waals surface area contributed by atoms with E-state index in [1.165, 1.54) is 18.2 Å². The van der Waals surface area contributed by atoms with Crippen LogP contribution in [0, 0.1) is 11.6 Å². The predicted octanol–water partition coefficient (Wildman–Crippen LogP) is 3.87. The summed E-state index contributed by atoms with van der Waals surface area (Å²) >= 11 is 0. The Labute approximate surface area is 123 Å². The van der Waals surface area contributed by atoms with Gasteiger partial charge in [0.15, 0.2) is 0 Å². The standard InChI is InChI=1S/C17H19F2NO/c1-3-20-16(12-7-4-5-10-17(12)21-2)11-13-14(18)8-6-9-15(13)19/h4-10,16,20H,3,11H2,1-2H3. The molecule has 0 heterocycles. The van der Waals surface area contributed by atoms with E-state index >= 15 is 0 Å². The Bertz CT molecular complexity index is 581. The molecular weight excluding hydrogens is 272 g/mol. The number of hydrogen-bond donors (Lipinski definition) is 1. The second kappa shape index (κ2) is 7.18. The van der Waals surface area contributed by atoms with Gasteiger partial charge in [0.05, 0.1) is 7.11 Å². The van der Waals surface area contributed by atoms with Crippen molar-refractivity contribution < 1.29 is 13.5 Å². The molecule has 0 radical (unpaired) electrons. The Hall–Kier alpha value is -1.94. The largest absolute Gasteiger partial charge is 0.496 e. The monoisotopic (exact) mass is 291 g/mol. The summed E-state index contributed by atoms with van der Waals surface area (Å²) in [7, 11) is 1.59. The molecule has 0 aliphatic heterocycles. The van der Waals surface area contributed by atoms with Gasteiger partial charge in [-0.25, -0.2) is 8.78 Å². The van der Waals surface area contributed by atoms with Crippen LogP contribution in [0.1, 0.15) is 24.1 Å². The van der Waals surface area contributed by atoms with Gasteiger partial charge in [0.25, 0.3) is 0 Å². The summed E-state index contributed by atoms with van der Waals surface area (Å²) in [4.78, 5) is 0. The summed E-state index contributed by atoms with van der Waals surface area (Å²) < 4.78 is 33.0. The van der Waals surface area contributed by atoms with Gasteiger partial charge in [-0.3, -0.25) is 0 Å². The van der Waals surface area contributed by atoms with E-state index in [4.69, 9.17) is 4.74 Å². The van der Waals surface area contributed by atoms with Crippen LogP contribution in [-0.2, 0) is 6.42 Å². The third kappa shape index (κ3) is 3.58. The molecule has 1 atom stereocenters. The van der Waals surface area contributed by atoms with Crippen molar-refractivity contribution >= 4 is 0 Å². The number of rotatable bonds is 6. The van der Waals surface area contributed by atoms with Crippen LogP contribution in [-0.4, -0.2) is 13.7 Å². The van der Waals surface area contributed by atoms with E-state index in [0.29, 0.717) is 12.3 Å². The van der Waals surface area contributed by atoms with Crippen LogP contribution in [0.5, 0.6) is 5.75 Å². The second-order valence-corrected chi connectivity index (χ2v) is 4.76. The summed E-state index contributed by atoms with van der Waals surface area (Å²) in [5.74, 6) is -0.333. The predicted molar refractivity (Wildman–Crippen MR) is 79.5 cm³/mol. The first kappa shape index (κ1) is 15.4. The van der Waals surface area contributed by atoms with Crippen molar-refractivity contribution in [3.05, 3.63) is 65.2 Å². The van der Waals surface area contributed by atoms with Gasteiger partial charge in [0, 0.05) is 17.2 Å². The number of methoxy groups -OCH3 is 1. The average molecular weight is 291 g/mol. The van der Waals surface area contributed by atoms with Gasteiger partial charge in [-0.1, -0.05) is 31.2 Å². The number of halogens is 2. The summed E-state index contributed by atoms with van der Waals surface area (Å²) in [6.07, 6.45) is 0.229. The second-order valence-electron chi connectivity index (χ2n) is 4.76. The molecule has 112 valence electrons. The highest BCUT2D eigenvalue weighted by molar-refractivity contribution is 5.37. The summed E-state index contributed by atoms with van der Waals surface area (Å²) in [6.45, 7) is 2.65. The molecule has 21 heavy (non-hydrogen) atoms. The molecule has 0 saturated heterocycles. The molecule has 0 amide bonds. The molecule has 2 nitrogen and oxygen atoms in total. The highest BCUT2D eigenvalue weighted by Gasteiger charge is 2.19. The Morgan fingerprint density at radius 1 is 1.05 bits per heavy atom. The SMILES string of the molecule is CCNC(Cc1c(F)cccc1F)c1ccccc1OC. The first-order chi connectivity index (χ1) is 10.2. The van der Waals surface area contributed by atoms with Crippen molar-refractivity contribution in [3.63, 3.8) is 0 Å². The minimum absolute atomic E-state index is 0.0920.